The molecule has 1 aliphatic rings. The van der Waals surface area contributed by atoms with Gasteiger partial charge in [0, 0.05) is 5.39 Å². The van der Waals surface area contributed by atoms with Crippen LogP contribution in [0.3, 0.4) is 0 Å². The molecule has 1 aliphatic carbocycles. The topological polar surface area (TPSA) is 9.23 Å². The van der Waals surface area contributed by atoms with Gasteiger partial charge in [-0.1, -0.05) is 56.9 Å². The molecule has 2 heteroatoms. The normalized spacial score (nSPS) is 20.8. The molecule has 0 unspecified atom stereocenters. The monoisotopic (exact) mass is 342 g/mol. The third kappa shape index (κ3) is 4.34. The van der Waals surface area contributed by atoms with Crippen molar-refractivity contribution in [1.82, 2.24) is 0 Å². The Labute approximate surface area is 151 Å². The molecular weight excluding hydrogens is 311 g/mol. The molecule has 0 saturated heterocycles. The minimum Gasteiger partial charge on any atom is -0.491 e. The second-order valence-electron chi connectivity index (χ2n) is 7.50. The summed E-state index contributed by atoms with van der Waals surface area (Å²) >= 11 is 0. The van der Waals surface area contributed by atoms with E-state index in [0.29, 0.717) is 23.7 Å². The van der Waals surface area contributed by atoms with E-state index in [-0.39, 0.29) is 5.82 Å². The molecule has 0 heterocycles. The maximum Gasteiger partial charge on any atom is 0.172 e. The Kier molecular flexibility index (Phi) is 6.34. The summed E-state index contributed by atoms with van der Waals surface area (Å²) in [5.41, 5.74) is 1.38. The lowest BCUT2D eigenvalue weighted by Crippen LogP contribution is -2.13. The van der Waals surface area contributed by atoms with Crippen molar-refractivity contribution in [2.75, 3.05) is 6.61 Å². The number of ether oxygens (including phenoxy) is 1. The fourth-order valence-corrected chi connectivity index (χ4v) is 4.28. The molecule has 0 bridgehead atoms. The van der Waals surface area contributed by atoms with Gasteiger partial charge in [-0.05, 0) is 61.5 Å². The Balaban J connectivity index is 1.67. The molecule has 1 fully saturated rings. The zero-order valence-corrected chi connectivity index (χ0v) is 15.7. The molecule has 25 heavy (non-hydrogen) atoms. The molecule has 0 amide bonds. The smallest absolute Gasteiger partial charge is 0.172 e. The predicted molar refractivity (Wildman–Crippen MR) is 104 cm³/mol. The van der Waals surface area contributed by atoms with Crippen molar-refractivity contribution in [1.29, 1.82) is 0 Å². The molecule has 0 aliphatic heterocycles. The number of fused-ring (bicyclic) bond motifs is 1. The number of halogens is 1. The Morgan fingerprint density at radius 1 is 1.00 bits per heavy atom. The van der Waals surface area contributed by atoms with Gasteiger partial charge >= 0.3 is 0 Å². The Bertz CT molecular complexity index is 686. The molecule has 1 saturated carbocycles. The van der Waals surface area contributed by atoms with Crippen LogP contribution in [0.5, 0.6) is 5.75 Å². The third-order valence-electron chi connectivity index (χ3n) is 5.78. The standard InChI is InChI=1S/C23H31FO/c1-3-5-6-7-17-8-10-18(11-9-17)19-12-14-21-20(16-19)13-15-22(23(21)24)25-4-2/h12-18H,3-11H2,1-2H3. The molecule has 0 spiro atoms. The van der Waals surface area contributed by atoms with Crippen molar-refractivity contribution in [2.24, 2.45) is 5.92 Å². The van der Waals surface area contributed by atoms with Crippen LogP contribution >= 0.6 is 0 Å². The second kappa shape index (κ2) is 8.69. The van der Waals surface area contributed by atoms with E-state index in [2.05, 4.69) is 19.1 Å². The molecule has 1 nitrogen and oxygen atoms in total. The summed E-state index contributed by atoms with van der Waals surface area (Å²) in [6.45, 7) is 4.64. The molecule has 0 aromatic heterocycles. The van der Waals surface area contributed by atoms with Crippen molar-refractivity contribution in [3.8, 4) is 5.75 Å². The van der Waals surface area contributed by atoms with Crippen molar-refractivity contribution >= 4 is 10.8 Å². The SMILES string of the molecule is CCCCCC1CCC(c2ccc3c(F)c(OCC)ccc3c2)CC1. The van der Waals surface area contributed by atoms with E-state index in [9.17, 15) is 4.39 Å². The highest BCUT2D eigenvalue weighted by molar-refractivity contribution is 5.85. The van der Waals surface area contributed by atoms with Gasteiger partial charge < -0.3 is 4.74 Å². The Morgan fingerprint density at radius 2 is 1.80 bits per heavy atom. The van der Waals surface area contributed by atoms with E-state index in [1.54, 1.807) is 6.07 Å². The molecule has 2 aromatic rings. The summed E-state index contributed by atoms with van der Waals surface area (Å²) in [7, 11) is 0. The van der Waals surface area contributed by atoms with Crippen LogP contribution < -0.4 is 4.74 Å². The van der Waals surface area contributed by atoms with Gasteiger partial charge in [-0.15, -0.1) is 0 Å². The van der Waals surface area contributed by atoms with Gasteiger partial charge in [-0.3, -0.25) is 0 Å². The fraction of sp³-hybridized carbons (Fsp3) is 0.565. The van der Waals surface area contributed by atoms with Crippen molar-refractivity contribution in [3.05, 3.63) is 41.7 Å². The fourth-order valence-electron chi connectivity index (χ4n) is 4.28. The van der Waals surface area contributed by atoms with Crippen molar-refractivity contribution in [3.63, 3.8) is 0 Å². The summed E-state index contributed by atoms with van der Waals surface area (Å²) in [5.74, 6) is 1.69. The number of hydrogen-bond donors (Lipinski definition) is 0. The van der Waals surface area contributed by atoms with Crippen LogP contribution in [0.1, 0.15) is 76.7 Å². The van der Waals surface area contributed by atoms with Crippen LogP contribution in [-0.4, -0.2) is 6.61 Å². The molecule has 0 N–H and O–H groups in total. The first-order chi connectivity index (χ1) is 12.2. The first-order valence-electron chi connectivity index (χ1n) is 10.1. The average Bonchev–Trinajstić information content (AvgIpc) is 2.65. The van der Waals surface area contributed by atoms with E-state index < -0.39 is 0 Å². The van der Waals surface area contributed by atoms with E-state index >= 15 is 0 Å². The quantitative estimate of drug-likeness (QED) is 0.482. The van der Waals surface area contributed by atoms with Gasteiger partial charge in [0.15, 0.2) is 11.6 Å². The number of unbranched alkanes of at least 4 members (excludes halogenated alkanes) is 2. The van der Waals surface area contributed by atoms with E-state index in [4.69, 9.17) is 4.74 Å². The van der Waals surface area contributed by atoms with Gasteiger partial charge in [-0.25, -0.2) is 4.39 Å². The molecule has 2 aromatic carbocycles. The van der Waals surface area contributed by atoms with Crippen LogP contribution in [0.2, 0.25) is 0 Å². The maximum absolute atomic E-state index is 14.5. The minimum atomic E-state index is -0.231. The highest BCUT2D eigenvalue weighted by atomic mass is 19.1. The summed E-state index contributed by atoms with van der Waals surface area (Å²) < 4.78 is 19.9. The lowest BCUT2D eigenvalue weighted by atomic mass is 9.77. The van der Waals surface area contributed by atoms with Crippen LogP contribution in [-0.2, 0) is 0 Å². The van der Waals surface area contributed by atoms with Crippen LogP contribution in [0.25, 0.3) is 10.8 Å². The number of rotatable bonds is 7. The van der Waals surface area contributed by atoms with Gasteiger partial charge in [0.25, 0.3) is 0 Å². The number of benzene rings is 2. The molecule has 0 radical (unpaired) electrons. The first kappa shape index (κ1) is 18.2. The lowest BCUT2D eigenvalue weighted by Gasteiger charge is -2.29. The van der Waals surface area contributed by atoms with Crippen LogP contribution in [0.4, 0.5) is 4.39 Å². The third-order valence-corrected chi connectivity index (χ3v) is 5.78. The van der Waals surface area contributed by atoms with Gasteiger partial charge in [-0.2, -0.15) is 0 Å². The summed E-state index contributed by atoms with van der Waals surface area (Å²) in [6.07, 6.45) is 10.7. The Morgan fingerprint density at radius 3 is 2.52 bits per heavy atom. The second-order valence-corrected chi connectivity index (χ2v) is 7.50. The highest BCUT2D eigenvalue weighted by Crippen LogP contribution is 2.39. The molecule has 136 valence electrons. The van der Waals surface area contributed by atoms with Gasteiger partial charge in [0.05, 0.1) is 6.61 Å². The summed E-state index contributed by atoms with van der Waals surface area (Å²) in [4.78, 5) is 0. The average molecular weight is 342 g/mol. The lowest BCUT2D eigenvalue weighted by molar-refractivity contribution is 0.303. The Hall–Kier alpha value is -1.57. The van der Waals surface area contributed by atoms with Gasteiger partial charge in [0.1, 0.15) is 0 Å². The largest absolute Gasteiger partial charge is 0.491 e. The highest BCUT2D eigenvalue weighted by Gasteiger charge is 2.22. The predicted octanol–water partition coefficient (Wildman–Crippen LogP) is 7.23. The maximum atomic E-state index is 14.5. The van der Waals surface area contributed by atoms with Crippen LogP contribution in [0, 0.1) is 11.7 Å². The van der Waals surface area contributed by atoms with Gasteiger partial charge in [0.2, 0.25) is 0 Å². The molecular formula is C23H31FO. The zero-order valence-electron chi connectivity index (χ0n) is 15.7. The molecule has 0 atom stereocenters. The van der Waals surface area contributed by atoms with Crippen molar-refractivity contribution < 1.29 is 9.13 Å². The summed E-state index contributed by atoms with van der Waals surface area (Å²) in [5, 5.41) is 1.66. The minimum absolute atomic E-state index is 0.231. The number of hydrogen-bond acceptors (Lipinski definition) is 1. The van der Waals surface area contributed by atoms with Crippen molar-refractivity contribution in [2.45, 2.75) is 71.1 Å². The first-order valence-corrected chi connectivity index (χ1v) is 10.1. The van der Waals surface area contributed by atoms with Crippen LogP contribution in [0.15, 0.2) is 30.3 Å². The van der Waals surface area contributed by atoms with E-state index in [0.717, 1.165) is 11.3 Å². The molecule has 3 rings (SSSR count). The zero-order chi connectivity index (χ0) is 17.6. The van der Waals surface area contributed by atoms with E-state index in [1.807, 2.05) is 19.1 Å². The summed E-state index contributed by atoms with van der Waals surface area (Å²) in [6, 6.07) is 10.0. The van der Waals surface area contributed by atoms with E-state index in [1.165, 1.54) is 56.9 Å².